The van der Waals surface area contributed by atoms with Gasteiger partial charge >= 0.3 is 17.9 Å². The summed E-state index contributed by atoms with van der Waals surface area (Å²) in [5, 5.41) is 13.1. The van der Waals surface area contributed by atoms with Gasteiger partial charge in [0.05, 0.1) is 0 Å². The molecule has 0 spiro atoms. The molecule has 27 heavy (non-hydrogen) atoms. The van der Waals surface area contributed by atoms with Crippen molar-refractivity contribution in [3.8, 4) is 0 Å². The van der Waals surface area contributed by atoms with E-state index in [9.17, 15) is 29.1 Å². The number of hydrogen-bond donors (Lipinski definition) is 2. The molecule has 2 N–H and O–H groups in total. The number of esters is 3. The maximum absolute atomic E-state index is 12.1. The van der Waals surface area contributed by atoms with Crippen molar-refractivity contribution in [1.29, 1.82) is 0 Å². The molecule has 1 heterocycles. The Morgan fingerprint density at radius 1 is 0.926 bits per heavy atom. The van der Waals surface area contributed by atoms with Crippen LogP contribution in [0.4, 0.5) is 0 Å². The third-order valence-electron chi connectivity index (χ3n) is 3.69. The fraction of sp³-hybridized carbons (Fsp3) is 0.688. The van der Waals surface area contributed by atoms with Gasteiger partial charge in [-0.15, -0.1) is 0 Å². The summed E-state index contributed by atoms with van der Waals surface area (Å²) < 4.78 is 20.5. The molecule has 1 aliphatic rings. The maximum Gasteiger partial charge on any atom is 0.303 e. The van der Waals surface area contributed by atoms with E-state index in [1.54, 1.807) is 0 Å². The standard InChI is InChI=1S/C16H23NO10/c1-7(18)16(23)15(17-8(2)19)14(26-11(5)22)13(25-10(4)21)12(27-16)6-24-9(3)20/h12-15,23H,6H2,1-5H3,(H,17,19)/t12-,13-,14+,15+,16+/m1/s1. The van der Waals surface area contributed by atoms with Gasteiger partial charge in [-0.05, 0) is 0 Å². The molecule has 0 saturated carbocycles. The van der Waals surface area contributed by atoms with Crippen LogP contribution in [0.2, 0.25) is 0 Å². The lowest BCUT2D eigenvalue weighted by atomic mass is 9.87. The van der Waals surface area contributed by atoms with E-state index >= 15 is 0 Å². The quantitative estimate of drug-likeness (QED) is 0.409. The molecule has 0 aromatic rings. The van der Waals surface area contributed by atoms with Crippen LogP contribution in [-0.2, 0) is 42.9 Å². The first kappa shape index (κ1) is 22.5. The van der Waals surface area contributed by atoms with Gasteiger partial charge in [0.15, 0.2) is 18.0 Å². The number of hydrogen-bond acceptors (Lipinski definition) is 10. The molecular weight excluding hydrogens is 366 g/mol. The summed E-state index contributed by atoms with van der Waals surface area (Å²) in [5.41, 5.74) is 0. The molecule has 0 radical (unpaired) electrons. The van der Waals surface area contributed by atoms with Crippen LogP contribution in [0.25, 0.3) is 0 Å². The fourth-order valence-corrected chi connectivity index (χ4v) is 2.69. The number of aliphatic hydroxyl groups is 1. The average Bonchev–Trinajstić information content (AvgIpc) is 2.50. The Balaban J connectivity index is 3.43. The van der Waals surface area contributed by atoms with E-state index in [0.29, 0.717) is 0 Å². The molecule has 0 aliphatic carbocycles. The Bertz CT molecular complexity index is 633. The van der Waals surface area contributed by atoms with Gasteiger partial charge in [0, 0.05) is 34.6 Å². The van der Waals surface area contributed by atoms with Gasteiger partial charge in [0.1, 0.15) is 18.8 Å². The van der Waals surface area contributed by atoms with E-state index in [2.05, 4.69) is 5.32 Å². The second-order valence-electron chi connectivity index (χ2n) is 6.04. The summed E-state index contributed by atoms with van der Waals surface area (Å²) in [5.74, 6) is -6.50. The number of Topliss-reactive ketones (excluding diaryl/α,β-unsaturated/α-hetero) is 1. The number of ketones is 1. The van der Waals surface area contributed by atoms with Crippen LogP contribution in [0.15, 0.2) is 0 Å². The predicted molar refractivity (Wildman–Crippen MR) is 85.8 cm³/mol. The molecule has 5 atom stereocenters. The van der Waals surface area contributed by atoms with Crippen molar-refractivity contribution in [1.82, 2.24) is 5.32 Å². The Labute approximate surface area is 155 Å². The summed E-state index contributed by atoms with van der Waals surface area (Å²) in [7, 11) is 0. The van der Waals surface area contributed by atoms with Crippen molar-refractivity contribution in [3.05, 3.63) is 0 Å². The van der Waals surface area contributed by atoms with Gasteiger partial charge in [0.25, 0.3) is 5.79 Å². The van der Waals surface area contributed by atoms with Gasteiger partial charge in [-0.1, -0.05) is 0 Å². The number of nitrogens with one attached hydrogen (secondary N) is 1. The number of amides is 1. The van der Waals surface area contributed by atoms with E-state index < -0.39 is 66.3 Å². The van der Waals surface area contributed by atoms with Crippen LogP contribution in [0.5, 0.6) is 0 Å². The van der Waals surface area contributed by atoms with Crippen LogP contribution >= 0.6 is 0 Å². The first-order valence-corrected chi connectivity index (χ1v) is 8.04. The molecule has 0 aromatic heterocycles. The van der Waals surface area contributed by atoms with Crippen molar-refractivity contribution in [3.63, 3.8) is 0 Å². The summed E-state index contributed by atoms with van der Waals surface area (Å²) in [6.07, 6.45) is -4.21. The monoisotopic (exact) mass is 389 g/mol. The average molecular weight is 389 g/mol. The van der Waals surface area contributed by atoms with Gasteiger partial charge < -0.3 is 29.4 Å². The molecule has 1 rings (SSSR count). The zero-order chi connectivity index (χ0) is 20.9. The molecule has 0 bridgehead atoms. The van der Waals surface area contributed by atoms with Gasteiger partial charge in [-0.2, -0.15) is 0 Å². The van der Waals surface area contributed by atoms with Crippen LogP contribution in [0, 0.1) is 0 Å². The van der Waals surface area contributed by atoms with Crippen molar-refractivity contribution in [2.45, 2.75) is 64.8 Å². The van der Waals surface area contributed by atoms with E-state index in [-0.39, 0.29) is 0 Å². The molecule has 0 unspecified atom stereocenters. The van der Waals surface area contributed by atoms with Crippen molar-refractivity contribution >= 4 is 29.6 Å². The van der Waals surface area contributed by atoms with E-state index in [4.69, 9.17) is 18.9 Å². The Morgan fingerprint density at radius 2 is 1.44 bits per heavy atom. The summed E-state index contributed by atoms with van der Waals surface area (Å²) in [6.45, 7) is 4.84. The minimum atomic E-state index is -2.62. The first-order chi connectivity index (χ1) is 12.4. The highest BCUT2D eigenvalue weighted by atomic mass is 16.7. The van der Waals surface area contributed by atoms with Gasteiger partial charge in [-0.3, -0.25) is 24.0 Å². The summed E-state index contributed by atoms with van der Waals surface area (Å²) in [4.78, 5) is 57.8. The van der Waals surface area contributed by atoms with Crippen molar-refractivity contribution in [2.24, 2.45) is 0 Å². The van der Waals surface area contributed by atoms with Crippen LogP contribution in [0.1, 0.15) is 34.6 Å². The third kappa shape index (κ3) is 5.73. The van der Waals surface area contributed by atoms with Crippen molar-refractivity contribution < 1.29 is 48.0 Å². The van der Waals surface area contributed by atoms with Crippen LogP contribution < -0.4 is 5.32 Å². The topological polar surface area (TPSA) is 155 Å². The number of rotatable bonds is 6. The Kier molecular flexibility index (Phi) is 7.43. The number of ether oxygens (including phenoxy) is 4. The Morgan fingerprint density at radius 3 is 1.85 bits per heavy atom. The summed E-state index contributed by atoms with van der Waals surface area (Å²) >= 11 is 0. The molecule has 0 aromatic carbocycles. The molecular formula is C16H23NO10. The molecule has 11 heteroatoms. The third-order valence-corrected chi connectivity index (χ3v) is 3.69. The highest BCUT2D eigenvalue weighted by molar-refractivity contribution is 5.86. The highest BCUT2D eigenvalue weighted by Gasteiger charge is 2.60. The Hall–Kier alpha value is -2.53. The molecule has 11 nitrogen and oxygen atoms in total. The zero-order valence-electron chi connectivity index (χ0n) is 15.6. The van der Waals surface area contributed by atoms with Crippen LogP contribution in [0.3, 0.4) is 0 Å². The fourth-order valence-electron chi connectivity index (χ4n) is 2.69. The van der Waals surface area contributed by atoms with E-state index in [0.717, 1.165) is 34.6 Å². The minimum Gasteiger partial charge on any atom is -0.463 e. The first-order valence-electron chi connectivity index (χ1n) is 8.04. The molecule has 1 aliphatic heterocycles. The number of carbonyl (C=O) groups is 5. The maximum atomic E-state index is 12.1. The summed E-state index contributed by atoms with van der Waals surface area (Å²) in [6, 6.07) is -1.57. The largest absolute Gasteiger partial charge is 0.463 e. The number of carbonyl (C=O) groups excluding carboxylic acids is 5. The van der Waals surface area contributed by atoms with E-state index in [1.807, 2.05) is 0 Å². The highest BCUT2D eigenvalue weighted by Crippen LogP contribution is 2.33. The second-order valence-corrected chi connectivity index (χ2v) is 6.04. The molecule has 152 valence electrons. The lowest BCUT2D eigenvalue weighted by Crippen LogP contribution is -2.73. The SMILES string of the molecule is CC(=O)N[C@H]1[C@@H](OC(C)=O)[C@H](OC(C)=O)[C@@H](COC(C)=O)O[C@@]1(O)C(C)=O. The normalized spacial score (nSPS) is 30.0. The molecule has 1 saturated heterocycles. The lowest BCUT2D eigenvalue weighted by molar-refractivity contribution is -0.304. The lowest BCUT2D eigenvalue weighted by Gasteiger charge is -2.48. The molecule has 1 amide bonds. The molecule has 1 fully saturated rings. The van der Waals surface area contributed by atoms with Crippen LogP contribution in [-0.4, -0.2) is 71.5 Å². The van der Waals surface area contributed by atoms with Gasteiger partial charge in [-0.25, -0.2) is 0 Å². The zero-order valence-corrected chi connectivity index (χ0v) is 15.6. The predicted octanol–water partition coefficient (Wildman–Crippen LogP) is -1.41. The van der Waals surface area contributed by atoms with Gasteiger partial charge in [0.2, 0.25) is 5.91 Å². The minimum absolute atomic E-state index is 0.507. The van der Waals surface area contributed by atoms with E-state index in [1.165, 1.54) is 0 Å². The second kappa shape index (κ2) is 8.91. The van der Waals surface area contributed by atoms with Crippen molar-refractivity contribution in [2.75, 3.05) is 6.61 Å². The smallest absolute Gasteiger partial charge is 0.303 e.